The number of rotatable bonds is 6. The zero-order chi connectivity index (χ0) is 15.1. The van der Waals surface area contributed by atoms with Crippen molar-refractivity contribution in [1.29, 1.82) is 0 Å². The standard InChI is InChI=1S/C13H18N2O5/c1-8(2)11(12(16)17)15-13(18)20-7-9-4-5-10(19-3)14-6-9/h4-6,8,11H,7H2,1-3H3,(H,15,18)(H,16,17)/t11-/m0/s1. The molecule has 1 aromatic heterocycles. The summed E-state index contributed by atoms with van der Waals surface area (Å²) in [7, 11) is 1.50. The number of carbonyl (C=O) groups excluding carboxylic acids is 1. The molecule has 1 heterocycles. The Kier molecular flexibility index (Phi) is 5.76. The number of methoxy groups -OCH3 is 1. The average molecular weight is 282 g/mol. The highest BCUT2D eigenvalue weighted by Gasteiger charge is 2.23. The zero-order valence-electron chi connectivity index (χ0n) is 11.6. The number of carbonyl (C=O) groups is 2. The maximum absolute atomic E-state index is 11.5. The highest BCUT2D eigenvalue weighted by atomic mass is 16.5. The topological polar surface area (TPSA) is 97.8 Å². The lowest BCUT2D eigenvalue weighted by atomic mass is 10.1. The van der Waals surface area contributed by atoms with Crippen LogP contribution >= 0.6 is 0 Å². The van der Waals surface area contributed by atoms with Gasteiger partial charge >= 0.3 is 12.1 Å². The zero-order valence-corrected chi connectivity index (χ0v) is 11.6. The molecule has 0 fully saturated rings. The molecule has 1 rings (SSSR count). The van der Waals surface area contributed by atoms with E-state index < -0.39 is 18.1 Å². The number of amides is 1. The Morgan fingerprint density at radius 2 is 2.10 bits per heavy atom. The molecule has 0 aliphatic rings. The first-order chi connectivity index (χ1) is 9.43. The first-order valence-corrected chi connectivity index (χ1v) is 6.09. The van der Waals surface area contributed by atoms with Crippen molar-refractivity contribution < 1.29 is 24.2 Å². The van der Waals surface area contributed by atoms with E-state index in [1.54, 1.807) is 26.0 Å². The summed E-state index contributed by atoms with van der Waals surface area (Å²) >= 11 is 0. The van der Waals surface area contributed by atoms with Crippen LogP contribution in [-0.4, -0.2) is 35.3 Å². The first kappa shape index (κ1) is 15.7. The molecule has 1 atom stereocenters. The van der Waals surface area contributed by atoms with Crippen LogP contribution in [0.2, 0.25) is 0 Å². The van der Waals surface area contributed by atoms with Crippen LogP contribution in [0, 0.1) is 5.92 Å². The Balaban J connectivity index is 2.47. The molecule has 7 nitrogen and oxygen atoms in total. The van der Waals surface area contributed by atoms with Gasteiger partial charge in [-0.2, -0.15) is 0 Å². The second kappa shape index (κ2) is 7.32. The van der Waals surface area contributed by atoms with E-state index in [-0.39, 0.29) is 12.5 Å². The minimum absolute atomic E-state index is 0.00720. The highest BCUT2D eigenvalue weighted by Crippen LogP contribution is 2.08. The molecule has 0 bridgehead atoms. The molecule has 0 unspecified atom stereocenters. The molecule has 0 aliphatic heterocycles. The summed E-state index contributed by atoms with van der Waals surface area (Å²) in [6.45, 7) is 3.41. The number of hydrogen-bond acceptors (Lipinski definition) is 5. The van der Waals surface area contributed by atoms with E-state index in [1.165, 1.54) is 13.3 Å². The smallest absolute Gasteiger partial charge is 0.408 e. The third-order valence-electron chi connectivity index (χ3n) is 2.58. The van der Waals surface area contributed by atoms with E-state index in [1.807, 2.05) is 0 Å². The van der Waals surface area contributed by atoms with E-state index in [0.717, 1.165) is 0 Å². The van der Waals surface area contributed by atoms with Crippen LogP contribution in [0.5, 0.6) is 5.88 Å². The second-order valence-corrected chi connectivity index (χ2v) is 4.49. The van der Waals surface area contributed by atoms with Gasteiger partial charge in [-0.15, -0.1) is 0 Å². The fraction of sp³-hybridized carbons (Fsp3) is 0.462. The van der Waals surface area contributed by atoms with Gasteiger partial charge in [0.25, 0.3) is 0 Å². The first-order valence-electron chi connectivity index (χ1n) is 6.09. The van der Waals surface area contributed by atoms with Gasteiger partial charge in [0.1, 0.15) is 12.6 Å². The van der Waals surface area contributed by atoms with Gasteiger partial charge in [-0.1, -0.05) is 13.8 Å². The Morgan fingerprint density at radius 3 is 2.55 bits per heavy atom. The molecule has 0 aromatic carbocycles. The predicted octanol–water partition coefficient (Wildman–Crippen LogP) is 1.43. The monoisotopic (exact) mass is 282 g/mol. The quantitative estimate of drug-likeness (QED) is 0.819. The van der Waals surface area contributed by atoms with E-state index in [0.29, 0.717) is 11.4 Å². The van der Waals surface area contributed by atoms with Crippen LogP contribution in [0.25, 0.3) is 0 Å². The summed E-state index contributed by atoms with van der Waals surface area (Å²) in [4.78, 5) is 26.4. The summed E-state index contributed by atoms with van der Waals surface area (Å²) < 4.78 is 9.84. The van der Waals surface area contributed by atoms with E-state index >= 15 is 0 Å². The molecule has 1 amide bonds. The van der Waals surface area contributed by atoms with Gasteiger partial charge in [0, 0.05) is 17.8 Å². The number of alkyl carbamates (subject to hydrolysis) is 1. The minimum Gasteiger partial charge on any atom is -0.481 e. The van der Waals surface area contributed by atoms with Crippen molar-refractivity contribution in [3.8, 4) is 5.88 Å². The molecule has 110 valence electrons. The molecule has 1 aromatic rings. The van der Waals surface area contributed by atoms with E-state index in [2.05, 4.69) is 10.3 Å². The third-order valence-corrected chi connectivity index (χ3v) is 2.58. The SMILES string of the molecule is COc1ccc(COC(=O)N[C@H](C(=O)O)C(C)C)cn1. The lowest BCUT2D eigenvalue weighted by Gasteiger charge is -2.17. The Hall–Kier alpha value is -2.31. The lowest BCUT2D eigenvalue weighted by Crippen LogP contribution is -2.44. The van der Waals surface area contributed by atoms with Gasteiger partial charge in [-0.3, -0.25) is 0 Å². The number of pyridine rings is 1. The van der Waals surface area contributed by atoms with Gasteiger partial charge in [-0.25, -0.2) is 14.6 Å². The molecule has 2 N–H and O–H groups in total. The van der Waals surface area contributed by atoms with Crippen LogP contribution < -0.4 is 10.1 Å². The number of carboxylic acid groups (broad SMARTS) is 1. The highest BCUT2D eigenvalue weighted by molar-refractivity contribution is 5.80. The molecular weight excluding hydrogens is 264 g/mol. The van der Waals surface area contributed by atoms with Crippen molar-refractivity contribution in [1.82, 2.24) is 10.3 Å². The number of carboxylic acids is 1. The van der Waals surface area contributed by atoms with Gasteiger partial charge in [0.15, 0.2) is 0 Å². The number of nitrogens with one attached hydrogen (secondary N) is 1. The van der Waals surface area contributed by atoms with Crippen LogP contribution in [0.4, 0.5) is 4.79 Å². The summed E-state index contributed by atoms with van der Waals surface area (Å²) in [6, 6.07) is 2.37. The second-order valence-electron chi connectivity index (χ2n) is 4.49. The molecule has 0 saturated carbocycles. The summed E-state index contributed by atoms with van der Waals surface area (Å²) in [5.41, 5.74) is 0.678. The van der Waals surface area contributed by atoms with Crippen molar-refractivity contribution in [3.63, 3.8) is 0 Å². The van der Waals surface area contributed by atoms with E-state index in [4.69, 9.17) is 14.6 Å². The van der Waals surface area contributed by atoms with E-state index in [9.17, 15) is 9.59 Å². The normalized spacial score (nSPS) is 11.8. The molecule has 7 heteroatoms. The largest absolute Gasteiger partial charge is 0.481 e. The number of aromatic nitrogens is 1. The van der Waals surface area contributed by atoms with Crippen LogP contribution in [0.15, 0.2) is 18.3 Å². The number of nitrogens with zero attached hydrogens (tertiary/aromatic N) is 1. The number of aliphatic carboxylic acids is 1. The Bertz CT molecular complexity index is 458. The van der Waals surface area contributed by atoms with Crippen molar-refractivity contribution in [2.75, 3.05) is 7.11 Å². The predicted molar refractivity (Wildman–Crippen MR) is 70.4 cm³/mol. The van der Waals surface area contributed by atoms with Crippen molar-refractivity contribution in [3.05, 3.63) is 23.9 Å². The molecular formula is C13H18N2O5. The maximum atomic E-state index is 11.5. The summed E-state index contributed by atoms with van der Waals surface area (Å²) in [5, 5.41) is 11.2. The van der Waals surface area contributed by atoms with Gasteiger partial charge in [0.2, 0.25) is 5.88 Å². The van der Waals surface area contributed by atoms with Gasteiger partial charge in [-0.05, 0) is 12.0 Å². The van der Waals surface area contributed by atoms with Crippen molar-refractivity contribution in [2.24, 2.45) is 5.92 Å². The van der Waals surface area contributed by atoms with Crippen LogP contribution in [0.1, 0.15) is 19.4 Å². The van der Waals surface area contributed by atoms with Gasteiger partial charge in [0.05, 0.1) is 7.11 Å². The van der Waals surface area contributed by atoms with Crippen LogP contribution in [0.3, 0.4) is 0 Å². The average Bonchev–Trinajstić information content (AvgIpc) is 2.42. The van der Waals surface area contributed by atoms with Gasteiger partial charge < -0.3 is 19.9 Å². The molecule has 0 aliphatic carbocycles. The van der Waals surface area contributed by atoms with Crippen molar-refractivity contribution >= 4 is 12.1 Å². The third kappa shape index (κ3) is 4.75. The Labute approximate surface area is 116 Å². The number of ether oxygens (including phenoxy) is 2. The maximum Gasteiger partial charge on any atom is 0.408 e. The fourth-order valence-electron chi connectivity index (χ4n) is 1.45. The molecule has 0 saturated heterocycles. The molecule has 20 heavy (non-hydrogen) atoms. The molecule has 0 spiro atoms. The fourth-order valence-corrected chi connectivity index (χ4v) is 1.45. The van der Waals surface area contributed by atoms with Crippen molar-refractivity contribution in [2.45, 2.75) is 26.5 Å². The number of hydrogen-bond donors (Lipinski definition) is 2. The summed E-state index contributed by atoms with van der Waals surface area (Å²) in [5.74, 6) is -0.866. The minimum atomic E-state index is -1.09. The lowest BCUT2D eigenvalue weighted by molar-refractivity contribution is -0.140. The Morgan fingerprint density at radius 1 is 1.40 bits per heavy atom. The van der Waals surface area contributed by atoms with Crippen LogP contribution in [-0.2, 0) is 16.1 Å². The molecule has 0 radical (unpaired) electrons. The summed E-state index contributed by atoms with van der Waals surface area (Å²) in [6.07, 6.45) is 0.741.